The van der Waals surface area contributed by atoms with Gasteiger partial charge in [0.2, 0.25) is 5.60 Å². The molecule has 0 radical (unpaired) electrons. The molecule has 4 heterocycles. The molecule has 2 aromatic heterocycles. The smallest absolute Gasteiger partial charge is 0.495 e. The Hall–Kier alpha value is -4.28. The molecular weight excluding hydrogens is 907 g/mol. The maximum Gasteiger partial charge on any atom is 0.530 e. The van der Waals surface area contributed by atoms with Crippen LogP contribution in [0.3, 0.4) is 0 Å². The molecule has 2 aliphatic rings. The van der Waals surface area contributed by atoms with Crippen molar-refractivity contribution in [1.29, 1.82) is 10.5 Å². The summed E-state index contributed by atoms with van der Waals surface area (Å²) < 4.78 is 65.9. The summed E-state index contributed by atoms with van der Waals surface area (Å²) in [7, 11) is -3.10. The number of nitrogen functional groups attached to an aromatic ring is 1. The normalized spacial score (nSPS) is 21.0. The maximum atomic E-state index is 15.0. The van der Waals surface area contributed by atoms with Crippen LogP contribution in [0.4, 0.5) is 5.82 Å². The number of para-hydroxylation sites is 1. The van der Waals surface area contributed by atoms with Gasteiger partial charge in [0.15, 0.2) is 11.6 Å². The Morgan fingerprint density at radius 1 is 0.853 bits per heavy atom. The summed E-state index contributed by atoms with van der Waals surface area (Å²) in [5.74, 6) is -0.350. The monoisotopic (exact) mass is 976 g/mol. The first-order chi connectivity index (χ1) is 32.9. The van der Waals surface area contributed by atoms with E-state index in [1.165, 1.54) is 103 Å². The van der Waals surface area contributed by atoms with E-state index in [-0.39, 0.29) is 29.8 Å². The third-order valence-electron chi connectivity index (χ3n) is 12.6. The summed E-state index contributed by atoms with van der Waals surface area (Å²) in [6.45, 7) is 5.13. The van der Waals surface area contributed by atoms with Crippen molar-refractivity contribution in [3.63, 3.8) is 0 Å². The van der Waals surface area contributed by atoms with Crippen LogP contribution >= 0.6 is 19.4 Å². The molecule has 6 rings (SSSR count). The van der Waals surface area contributed by atoms with Gasteiger partial charge in [-0.2, -0.15) is 15.6 Å². The van der Waals surface area contributed by atoms with E-state index in [9.17, 15) is 15.1 Å². The van der Waals surface area contributed by atoms with Crippen molar-refractivity contribution in [2.45, 2.75) is 179 Å². The number of ether oxygens (including phenoxy) is 5. The van der Waals surface area contributed by atoms with E-state index in [4.69, 9.17) is 54.6 Å². The SMILES string of the molecule is CCCCCCCCCCCCCCCCCCC[C@H](COP(=O)(OC[C@@]1(C#N)O[C@@H](c2ccc3c(N)ncnn23)[C@@H]2OC(C)(C)O[C@@H]21)Oc1ccccc1Cl)OCc1ccc(C#N)c(OC)c1. The standard InChI is InChI=1S/C51H70ClN6O9P/c1-5-6-7-8-9-10-11-12-13-14-15-16-17-18-19-20-21-24-40(61-33-38-27-28-39(32-53)45(31-38)60-4)34-62-68(59,67-44-26-23-22-25-41(44)52)63-36-51(35-54)48-47(64-50(2,3)66-48)46(65-51)42-29-30-43-49(55)56-37-57-58(42)43/h22-23,25-31,37,40,46-48H,5-21,24,33-34,36H2,1-4H3,(H2,55,56,57)/t40-,46+,47+,48+,51-,68?/m1/s1. The molecule has 0 saturated carbocycles. The highest BCUT2D eigenvalue weighted by Crippen LogP contribution is 2.55. The number of phosphoric acid groups is 1. The van der Waals surface area contributed by atoms with Crippen LogP contribution in [-0.4, -0.2) is 64.6 Å². The minimum absolute atomic E-state index is 0.0559. The zero-order chi connectivity index (χ0) is 48.4. The minimum atomic E-state index is -4.61. The van der Waals surface area contributed by atoms with Crippen LogP contribution in [0.5, 0.6) is 11.5 Å². The second-order valence-corrected chi connectivity index (χ2v) is 20.3. The van der Waals surface area contributed by atoms with Crippen molar-refractivity contribution < 1.29 is 41.8 Å². The van der Waals surface area contributed by atoms with Crippen molar-refractivity contribution >= 4 is 30.8 Å². The zero-order valence-electron chi connectivity index (χ0n) is 40.2. The Labute approximate surface area is 407 Å². The maximum absolute atomic E-state index is 15.0. The van der Waals surface area contributed by atoms with Crippen LogP contribution in [0.1, 0.15) is 159 Å². The fourth-order valence-corrected chi connectivity index (χ4v) is 10.4. The largest absolute Gasteiger partial charge is 0.530 e. The van der Waals surface area contributed by atoms with E-state index in [2.05, 4.69) is 29.1 Å². The lowest BCUT2D eigenvalue weighted by Crippen LogP contribution is -2.46. The molecule has 0 bridgehead atoms. The van der Waals surface area contributed by atoms with Gasteiger partial charge in [-0.25, -0.2) is 14.1 Å². The average molecular weight is 978 g/mol. The Kier molecular flexibility index (Phi) is 20.4. The number of nitriles is 2. The summed E-state index contributed by atoms with van der Waals surface area (Å²) in [4.78, 5) is 4.09. The van der Waals surface area contributed by atoms with Crippen LogP contribution < -0.4 is 15.0 Å². The summed E-state index contributed by atoms with van der Waals surface area (Å²) >= 11 is 6.52. The van der Waals surface area contributed by atoms with Gasteiger partial charge in [-0.15, -0.1) is 0 Å². The molecule has 2 aliphatic heterocycles. The van der Waals surface area contributed by atoms with E-state index in [1.807, 2.05) is 0 Å². The van der Waals surface area contributed by atoms with E-state index in [0.29, 0.717) is 28.9 Å². The number of nitrogens with zero attached hydrogens (tertiary/aromatic N) is 5. The number of nitrogens with two attached hydrogens (primary N) is 1. The molecule has 2 N–H and O–H groups in total. The predicted octanol–water partition coefficient (Wildman–Crippen LogP) is 12.5. The van der Waals surface area contributed by atoms with Crippen LogP contribution in [0.2, 0.25) is 5.02 Å². The van der Waals surface area contributed by atoms with Crippen molar-refractivity contribution in [1.82, 2.24) is 14.6 Å². The first-order valence-electron chi connectivity index (χ1n) is 24.5. The third-order valence-corrected chi connectivity index (χ3v) is 14.3. The van der Waals surface area contributed by atoms with Crippen molar-refractivity contribution in [2.75, 3.05) is 26.1 Å². The highest BCUT2D eigenvalue weighted by atomic mass is 35.5. The fraction of sp³-hybridized carbons (Fsp3) is 0.608. The Bertz CT molecular complexity index is 2340. The third kappa shape index (κ3) is 14.6. The summed E-state index contributed by atoms with van der Waals surface area (Å²) in [5, 5.41) is 25.0. The van der Waals surface area contributed by atoms with Gasteiger partial charge in [0.25, 0.3) is 0 Å². The number of unbranched alkanes of at least 4 members (excludes halogenated alkanes) is 16. The number of benzene rings is 2. The van der Waals surface area contributed by atoms with Gasteiger partial charge in [0.1, 0.15) is 60.4 Å². The van der Waals surface area contributed by atoms with Gasteiger partial charge >= 0.3 is 7.82 Å². The molecule has 2 saturated heterocycles. The molecule has 0 spiro atoms. The minimum Gasteiger partial charge on any atom is -0.495 e. The summed E-state index contributed by atoms with van der Waals surface area (Å²) in [6.07, 6.45) is 20.1. The molecule has 6 atom stereocenters. The van der Waals surface area contributed by atoms with Crippen LogP contribution in [0, 0.1) is 22.7 Å². The van der Waals surface area contributed by atoms with Crippen LogP contribution in [0.25, 0.3) is 5.52 Å². The first-order valence-corrected chi connectivity index (χ1v) is 26.3. The molecule has 68 heavy (non-hydrogen) atoms. The number of hydrogen-bond donors (Lipinski definition) is 1. The van der Waals surface area contributed by atoms with Crippen molar-refractivity contribution in [3.8, 4) is 23.6 Å². The number of halogens is 1. The molecule has 2 fully saturated rings. The molecular formula is C51H70ClN6O9P. The lowest BCUT2D eigenvalue weighted by molar-refractivity contribution is -0.204. The van der Waals surface area contributed by atoms with Gasteiger partial charge < -0.3 is 33.9 Å². The second-order valence-electron chi connectivity index (χ2n) is 18.3. The van der Waals surface area contributed by atoms with E-state index >= 15 is 0 Å². The molecule has 4 aromatic rings. The average Bonchev–Trinajstić information content (AvgIpc) is 4.00. The number of anilines is 1. The molecule has 0 aliphatic carbocycles. The van der Waals surface area contributed by atoms with Crippen LogP contribution in [-0.2, 0) is 39.2 Å². The number of methoxy groups -OCH3 is 1. The van der Waals surface area contributed by atoms with E-state index in [0.717, 1.165) is 24.8 Å². The van der Waals surface area contributed by atoms with Gasteiger partial charge in [0.05, 0.1) is 42.7 Å². The van der Waals surface area contributed by atoms with Crippen LogP contribution in [0.15, 0.2) is 60.9 Å². The quantitative estimate of drug-likeness (QED) is 0.0369. The van der Waals surface area contributed by atoms with E-state index < -0.39 is 50.2 Å². The summed E-state index contributed by atoms with van der Waals surface area (Å²) in [6, 6.07) is 19.7. The van der Waals surface area contributed by atoms with Crippen molar-refractivity contribution in [2.24, 2.45) is 0 Å². The second kappa shape index (κ2) is 26.1. The highest BCUT2D eigenvalue weighted by Gasteiger charge is 2.65. The number of phosphoric ester groups is 1. The molecule has 0 amide bonds. The number of rotatable bonds is 31. The molecule has 1 unspecified atom stereocenters. The molecule has 15 nitrogen and oxygen atoms in total. The van der Waals surface area contributed by atoms with Gasteiger partial charge in [-0.3, -0.25) is 9.05 Å². The van der Waals surface area contributed by atoms with Gasteiger partial charge in [0, 0.05) is 0 Å². The topological polar surface area (TPSA) is 195 Å². The number of hydrogen-bond acceptors (Lipinski definition) is 14. The number of fused-ring (bicyclic) bond motifs is 2. The zero-order valence-corrected chi connectivity index (χ0v) is 41.9. The lowest BCUT2D eigenvalue weighted by atomic mass is 9.96. The molecule has 2 aromatic carbocycles. The summed E-state index contributed by atoms with van der Waals surface area (Å²) in [5.41, 5.74) is 6.56. The van der Waals surface area contributed by atoms with E-state index in [1.54, 1.807) is 73.0 Å². The van der Waals surface area contributed by atoms with Gasteiger partial charge in [-0.1, -0.05) is 146 Å². The first kappa shape index (κ1) is 53.1. The molecule has 17 heteroatoms. The lowest BCUT2D eigenvalue weighted by Gasteiger charge is -2.30. The predicted molar refractivity (Wildman–Crippen MR) is 260 cm³/mol. The Morgan fingerprint density at radius 2 is 1.51 bits per heavy atom. The van der Waals surface area contributed by atoms with Crippen molar-refractivity contribution in [3.05, 3.63) is 82.8 Å². The Balaban J connectivity index is 1.10. The fourth-order valence-electron chi connectivity index (χ4n) is 8.91. The number of aromatic nitrogens is 3. The highest BCUT2D eigenvalue weighted by molar-refractivity contribution is 7.49. The van der Waals surface area contributed by atoms with Gasteiger partial charge in [-0.05, 0) is 62.2 Å². The Morgan fingerprint density at radius 3 is 2.15 bits per heavy atom. The molecule has 370 valence electrons.